The Bertz CT molecular complexity index is 907. The lowest BCUT2D eigenvalue weighted by Crippen LogP contribution is -2.19. The molecule has 0 aromatic heterocycles. The lowest BCUT2D eigenvalue weighted by atomic mass is 10.0. The zero-order valence-corrected chi connectivity index (χ0v) is 14.2. The van der Waals surface area contributed by atoms with Crippen molar-refractivity contribution in [2.24, 2.45) is 0 Å². The van der Waals surface area contributed by atoms with Gasteiger partial charge in [-0.2, -0.15) is 0 Å². The summed E-state index contributed by atoms with van der Waals surface area (Å²) in [5.74, 6) is 0.584. The van der Waals surface area contributed by atoms with E-state index in [0.29, 0.717) is 29.8 Å². The van der Waals surface area contributed by atoms with E-state index in [-0.39, 0.29) is 10.8 Å². The molecule has 0 spiro atoms. The van der Waals surface area contributed by atoms with Crippen molar-refractivity contribution in [1.82, 2.24) is 0 Å². The van der Waals surface area contributed by atoms with Gasteiger partial charge in [-0.1, -0.05) is 0 Å². The van der Waals surface area contributed by atoms with E-state index in [1.54, 1.807) is 37.3 Å². The summed E-state index contributed by atoms with van der Waals surface area (Å²) < 4.78 is 32.9. The van der Waals surface area contributed by atoms with Crippen molar-refractivity contribution in [3.63, 3.8) is 0 Å². The molecule has 0 saturated carbocycles. The number of carbonyl (C=O) groups excluding carboxylic acids is 1. The van der Waals surface area contributed by atoms with Crippen LogP contribution in [-0.4, -0.2) is 21.4 Å². The van der Waals surface area contributed by atoms with Crippen molar-refractivity contribution in [3.8, 4) is 5.75 Å². The minimum Gasteiger partial charge on any atom is -0.497 e. The van der Waals surface area contributed by atoms with Crippen LogP contribution in [0.3, 0.4) is 0 Å². The third-order valence-corrected chi connectivity index (χ3v) is 5.47. The van der Waals surface area contributed by atoms with E-state index in [1.807, 2.05) is 0 Å². The molecule has 126 valence electrons. The Labute approximate surface area is 140 Å². The molecule has 1 aliphatic heterocycles. The molecule has 1 amide bonds. The summed E-state index contributed by atoms with van der Waals surface area (Å²) in [6, 6.07) is 9.92. The lowest BCUT2D eigenvalue weighted by molar-refractivity contribution is -0.116. The number of sulfonamides is 1. The minimum absolute atomic E-state index is 0.0234. The molecule has 0 atom stereocenters. The smallest absolute Gasteiger partial charge is 0.262 e. The molecule has 24 heavy (non-hydrogen) atoms. The number of anilines is 2. The number of nitrogens with one attached hydrogen (secondary N) is 2. The van der Waals surface area contributed by atoms with Crippen LogP contribution in [0.25, 0.3) is 0 Å². The van der Waals surface area contributed by atoms with E-state index >= 15 is 0 Å². The molecule has 7 heteroatoms. The molecule has 0 bridgehead atoms. The first-order valence-electron chi connectivity index (χ1n) is 7.49. The summed E-state index contributed by atoms with van der Waals surface area (Å²) >= 11 is 0. The fourth-order valence-corrected chi connectivity index (χ4v) is 3.98. The fraction of sp³-hybridized carbons (Fsp3) is 0.235. The van der Waals surface area contributed by atoms with Gasteiger partial charge in [-0.3, -0.25) is 9.52 Å². The van der Waals surface area contributed by atoms with Gasteiger partial charge in [0, 0.05) is 17.8 Å². The van der Waals surface area contributed by atoms with Gasteiger partial charge in [-0.05, 0) is 60.9 Å². The topological polar surface area (TPSA) is 84.5 Å². The van der Waals surface area contributed by atoms with Crippen molar-refractivity contribution < 1.29 is 17.9 Å². The van der Waals surface area contributed by atoms with E-state index < -0.39 is 10.0 Å². The Morgan fingerprint density at radius 1 is 1.12 bits per heavy atom. The summed E-state index contributed by atoms with van der Waals surface area (Å²) in [5.41, 5.74) is 2.73. The van der Waals surface area contributed by atoms with Crippen LogP contribution in [0.1, 0.15) is 17.5 Å². The zero-order chi connectivity index (χ0) is 17.3. The Kier molecular flexibility index (Phi) is 4.19. The predicted octanol–water partition coefficient (Wildman–Crippen LogP) is 2.69. The van der Waals surface area contributed by atoms with Crippen molar-refractivity contribution in [2.45, 2.75) is 24.7 Å². The zero-order valence-electron chi connectivity index (χ0n) is 13.4. The summed E-state index contributed by atoms with van der Waals surface area (Å²) in [6.45, 7) is 1.72. The van der Waals surface area contributed by atoms with Crippen LogP contribution in [0.5, 0.6) is 5.75 Å². The van der Waals surface area contributed by atoms with Crippen molar-refractivity contribution in [1.29, 1.82) is 0 Å². The maximum absolute atomic E-state index is 12.6. The fourth-order valence-electron chi connectivity index (χ4n) is 2.71. The third-order valence-electron chi connectivity index (χ3n) is 3.92. The molecule has 2 aromatic carbocycles. The lowest BCUT2D eigenvalue weighted by Gasteiger charge is -2.18. The van der Waals surface area contributed by atoms with Crippen LogP contribution in [0.4, 0.5) is 11.4 Å². The molecule has 6 nitrogen and oxygen atoms in total. The average molecular weight is 346 g/mol. The number of amides is 1. The van der Waals surface area contributed by atoms with Gasteiger partial charge in [-0.25, -0.2) is 8.42 Å². The highest BCUT2D eigenvalue weighted by Gasteiger charge is 2.19. The van der Waals surface area contributed by atoms with Crippen LogP contribution in [0.15, 0.2) is 41.3 Å². The Morgan fingerprint density at radius 2 is 1.92 bits per heavy atom. The van der Waals surface area contributed by atoms with Crippen LogP contribution < -0.4 is 14.8 Å². The second kappa shape index (κ2) is 6.16. The van der Waals surface area contributed by atoms with Gasteiger partial charge in [0.15, 0.2) is 0 Å². The number of rotatable bonds is 4. The van der Waals surface area contributed by atoms with Gasteiger partial charge in [0.1, 0.15) is 5.75 Å². The van der Waals surface area contributed by atoms with Crippen LogP contribution in [-0.2, 0) is 21.2 Å². The van der Waals surface area contributed by atoms with E-state index in [9.17, 15) is 13.2 Å². The quantitative estimate of drug-likeness (QED) is 0.891. The van der Waals surface area contributed by atoms with Gasteiger partial charge in [0.2, 0.25) is 5.91 Å². The molecule has 0 radical (unpaired) electrons. The van der Waals surface area contributed by atoms with Gasteiger partial charge in [-0.15, -0.1) is 0 Å². The molecule has 2 N–H and O–H groups in total. The summed E-state index contributed by atoms with van der Waals surface area (Å²) in [7, 11) is -2.16. The van der Waals surface area contributed by atoms with Crippen LogP contribution in [0.2, 0.25) is 0 Å². The molecule has 0 saturated heterocycles. The predicted molar refractivity (Wildman–Crippen MR) is 91.9 cm³/mol. The van der Waals surface area contributed by atoms with Crippen molar-refractivity contribution in [3.05, 3.63) is 47.5 Å². The average Bonchev–Trinajstić information content (AvgIpc) is 2.54. The maximum Gasteiger partial charge on any atom is 0.262 e. The standard InChI is InChI=1S/C17H18N2O4S/c1-11-9-14(23-2)5-7-16(11)24(21,22)19-13-4-6-15-12(10-13)3-8-17(20)18-15/h4-7,9-10,19H,3,8H2,1-2H3,(H,18,20). The van der Waals surface area contributed by atoms with Gasteiger partial charge in [0.25, 0.3) is 10.0 Å². The first-order chi connectivity index (χ1) is 11.4. The first kappa shape index (κ1) is 16.3. The molecule has 0 fully saturated rings. The first-order valence-corrected chi connectivity index (χ1v) is 8.97. The van der Waals surface area contributed by atoms with Gasteiger partial charge in [0.05, 0.1) is 12.0 Å². The van der Waals surface area contributed by atoms with Crippen LogP contribution >= 0.6 is 0 Å². The third kappa shape index (κ3) is 3.21. The number of ether oxygens (including phenoxy) is 1. The number of carbonyl (C=O) groups is 1. The molecule has 1 aliphatic rings. The molecular weight excluding hydrogens is 328 g/mol. The largest absolute Gasteiger partial charge is 0.497 e. The minimum atomic E-state index is -3.70. The number of methoxy groups -OCH3 is 1. The second-order valence-corrected chi connectivity index (χ2v) is 7.31. The number of benzene rings is 2. The van der Waals surface area contributed by atoms with E-state index in [4.69, 9.17) is 4.74 Å². The molecular formula is C17H18N2O4S. The SMILES string of the molecule is COc1ccc(S(=O)(=O)Nc2ccc3c(c2)CCC(=O)N3)c(C)c1. The second-order valence-electron chi connectivity index (χ2n) is 5.66. The number of hydrogen-bond donors (Lipinski definition) is 2. The Balaban J connectivity index is 1.89. The number of aryl methyl sites for hydroxylation is 2. The van der Waals surface area contributed by atoms with Gasteiger partial charge < -0.3 is 10.1 Å². The Hall–Kier alpha value is -2.54. The van der Waals surface area contributed by atoms with E-state index in [2.05, 4.69) is 10.0 Å². The molecule has 0 aliphatic carbocycles. The van der Waals surface area contributed by atoms with E-state index in [0.717, 1.165) is 11.3 Å². The summed E-state index contributed by atoms with van der Waals surface area (Å²) in [4.78, 5) is 11.6. The number of fused-ring (bicyclic) bond motifs is 1. The van der Waals surface area contributed by atoms with Crippen LogP contribution in [0, 0.1) is 6.92 Å². The van der Waals surface area contributed by atoms with Crippen molar-refractivity contribution >= 4 is 27.3 Å². The molecule has 3 rings (SSSR count). The maximum atomic E-state index is 12.6. The summed E-state index contributed by atoms with van der Waals surface area (Å²) in [5, 5.41) is 2.77. The highest BCUT2D eigenvalue weighted by molar-refractivity contribution is 7.92. The molecule has 1 heterocycles. The highest BCUT2D eigenvalue weighted by atomic mass is 32.2. The summed E-state index contributed by atoms with van der Waals surface area (Å²) in [6.07, 6.45) is 0.999. The monoisotopic (exact) mass is 346 g/mol. The Morgan fingerprint density at radius 3 is 2.62 bits per heavy atom. The number of hydrogen-bond acceptors (Lipinski definition) is 4. The van der Waals surface area contributed by atoms with E-state index in [1.165, 1.54) is 13.2 Å². The molecule has 2 aromatic rings. The highest BCUT2D eigenvalue weighted by Crippen LogP contribution is 2.28. The van der Waals surface area contributed by atoms with Gasteiger partial charge >= 0.3 is 0 Å². The van der Waals surface area contributed by atoms with Crippen molar-refractivity contribution in [2.75, 3.05) is 17.1 Å². The molecule has 0 unspecified atom stereocenters. The normalized spacial score (nSPS) is 13.8.